The molecule has 2 heterocycles. The molecule has 0 aliphatic carbocycles. The molecule has 1 aliphatic rings. The maximum atomic E-state index is 12.4. The molecule has 2 unspecified atom stereocenters. The highest BCUT2D eigenvalue weighted by Crippen LogP contribution is 2.28. The van der Waals surface area contributed by atoms with Gasteiger partial charge in [-0.1, -0.05) is 36.4 Å². The van der Waals surface area contributed by atoms with Gasteiger partial charge < -0.3 is 10.6 Å². The maximum absolute atomic E-state index is 12.4. The van der Waals surface area contributed by atoms with Crippen LogP contribution in [0.5, 0.6) is 0 Å². The molecule has 108 valence electrons. The normalized spacial score (nSPS) is 21.1. The molecule has 0 spiro atoms. The van der Waals surface area contributed by atoms with E-state index in [9.17, 15) is 4.79 Å². The second-order valence-electron chi connectivity index (χ2n) is 5.32. The lowest BCUT2D eigenvalue weighted by Gasteiger charge is -2.18. The lowest BCUT2D eigenvalue weighted by molar-refractivity contribution is -0.125. The molecule has 1 aromatic carbocycles. The number of hydrogen-bond acceptors (Lipinski definition) is 3. The van der Waals surface area contributed by atoms with Crippen molar-refractivity contribution in [1.82, 2.24) is 15.6 Å². The van der Waals surface area contributed by atoms with E-state index in [0.29, 0.717) is 6.54 Å². The fourth-order valence-corrected chi connectivity index (χ4v) is 2.82. The number of carbonyl (C=O) groups is 1. The summed E-state index contributed by atoms with van der Waals surface area (Å²) >= 11 is 0. The van der Waals surface area contributed by atoms with Crippen molar-refractivity contribution in [2.45, 2.75) is 12.5 Å². The fourth-order valence-electron chi connectivity index (χ4n) is 2.82. The highest BCUT2D eigenvalue weighted by atomic mass is 16.1. The molecule has 1 amide bonds. The Labute approximate surface area is 124 Å². The SMILES string of the molecule is O=C(NCc1ccccn1)C1CNCC1c1ccccc1. The van der Waals surface area contributed by atoms with Gasteiger partial charge in [0.15, 0.2) is 0 Å². The zero-order valence-electron chi connectivity index (χ0n) is 11.8. The van der Waals surface area contributed by atoms with Crippen molar-refractivity contribution in [3.05, 3.63) is 66.0 Å². The van der Waals surface area contributed by atoms with Crippen LogP contribution in [0.1, 0.15) is 17.2 Å². The van der Waals surface area contributed by atoms with E-state index in [2.05, 4.69) is 27.8 Å². The second kappa shape index (κ2) is 6.50. The third-order valence-electron chi connectivity index (χ3n) is 3.95. The summed E-state index contributed by atoms with van der Waals surface area (Å²) in [6.07, 6.45) is 1.74. The Balaban J connectivity index is 1.64. The van der Waals surface area contributed by atoms with Gasteiger partial charge in [-0.2, -0.15) is 0 Å². The summed E-state index contributed by atoms with van der Waals surface area (Å²) in [6, 6.07) is 16.0. The summed E-state index contributed by atoms with van der Waals surface area (Å²) < 4.78 is 0. The molecule has 21 heavy (non-hydrogen) atoms. The molecule has 0 bridgehead atoms. The van der Waals surface area contributed by atoms with E-state index in [1.807, 2.05) is 36.4 Å². The van der Waals surface area contributed by atoms with Gasteiger partial charge in [0, 0.05) is 25.2 Å². The molecule has 0 radical (unpaired) electrons. The number of nitrogens with zero attached hydrogens (tertiary/aromatic N) is 1. The van der Waals surface area contributed by atoms with Crippen LogP contribution in [-0.4, -0.2) is 24.0 Å². The smallest absolute Gasteiger partial charge is 0.225 e. The Morgan fingerprint density at radius 1 is 1.14 bits per heavy atom. The van der Waals surface area contributed by atoms with E-state index >= 15 is 0 Å². The highest BCUT2D eigenvalue weighted by molar-refractivity contribution is 5.80. The van der Waals surface area contributed by atoms with Crippen molar-refractivity contribution in [1.29, 1.82) is 0 Å². The minimum absolute atomic E-state index is 0.0175. The summed E-state index contributed by atoms with van der Waals surface area (Å²) in [5.41, 5.74) is 2.11. The summed E-state index contributed by atoms with van der Waals surface area (Å²) in [6.45, 7) is 2.07. The van der Waals surface area contributed by atoms with Crippen LogP contribution in [0, 0.1) is 5.92 Å². The van der Waals surface area contributed by atoms with Crippen LogP contribution in [0.2, 0.25) is 0 Å². The quantitative estimate of drug-likeness (QED) is 0.897. The molecular weight excluding hydrogens is 262 g/mol. The van der Waals surface area contributed by atoms with Crippen LogP contribution in [0.4, 0.5) is 0 Å². The first kappa shape index (κ1) is 13.8. The van der Waals surface area contributed by atoms with Crippen LogP contribution in [-0.2, 0) is 11.3 Å². The first-order chi connectivity index (χ1) is 10.3. The molecule has 1 aliphatic heterocycles. The first-order valence-electron chi connectivity index (χ1n) is 7.28. The van der Waals surface area contributed by atoms with Gasteiger partial charge in [0.25, 0.3) is 0 Å². The van der Waals surface area contributed by atoms with Gasteiger partial charge in [-0.05, 0) is 17.7 Å². The van der Waals surface area contributed by atoms with Gasteiger partial charge in [-0.15, -0.1) is 0 Å². The molecule has 1 fully saturated rings. The zero-order valence-corrected chi connectivity index (χ0v) is 11.8. The van der Waals surface area contributed by atoms with Crippen molar-refractivity contribution >= 4 is 5.91 Å². The van der Waals surface area contributed by atoms with Gasteiger partial charge >= 0.3 is 0 Å². The van der Waals surface area contributed by atoms with E-state index in [-0.39, 0.29) is 17.7 Å². The minimum atomic E-state index is -0.0175. The number of rotatable bonds is 4. The topological polar surface area (TPSA) is 54.0 Å². The van der Waals surface area contributed by atoms with E-state index in [4.69, 9.17) is 0 Å². The monoisotopic (exact) mass is 281 g/mol. The molecule has 2 atom stereocenters. The number of carbonyl (C=O) groups excluding carboxylic acids is 1. The van der Waals surface area contributed by atoms with Crippen LogP contribution in [0.15, 0.2) is 54.7 Å². The van der Waals surface area contributed by atoms with E-state index in [1.54, 1.807) is 6.20 Å². The van der Waals surface area contributed by atoms with Gasteiger partial charge in [-0.25, -0.2) is 0 Å². The fraction of sp³-hybridized carbons (Fsp3) is 0.294. The Hall–Kier alpha value is -2.20. The van der Waals surface area contributed by atoms with Crippen molar-refractivity contribution in [2.75, 3.05) is 13.1 Å². The lowest BCUT2D eigenvalue weighted by atomic mass is 9.88. The lowest BCUT2D eigenvalue weighted by Crippen LogP contribution is -2.34. The summed E-state index contributed by atoms with van der Waals surface area (Å²) in [7, 11) is 0. The zero-order chi connectivity index (χ0) is 14.5. The number of benzene rings is 1. The Bertz CT molecular complexity index is 585. The molecule has 1 saturated heterocycles. The molecule has 2 N–H and O–H groups in total. The van der Waals surface area contributed by atoms with Crippen LogP contribution in [0.25, 0.3) is 0 Å². The molecule has 3 rings (SSSR count). The second-order valence-corrected chi connectivity index (χ2v) is 5.32. The van der Waals surface area contributed by atoms with Gasteiger partial charge in [0.2, 0.25) is 5.91 Å². The molecule has 4 heteroatoms. The summed E-state index contributed by atoms with van der Waals surface area (Å²) in [4.78, 5) is 16.6. The summed E-state index contributed by atoms with van der Waals surface area (Å²) in [5.74, 6) is 0.325. The number of hydrogen-bond donors (Lipinski definition) is 2. The van der Waals surface area contributed by atoms with Crippen molar-refractivity contribution in [2.24, 2.45) is 5.92 Å². The Morgan fingerprint density at radius 3 is 2.71 bits per heavy atom. The van der Waals surface area contributed by atoms with Crippen LogP contribution >= 0.6 is 0 Å². The van der Waals surface area contributed by atoms with E-state index in [0.717, 1.165) is 18.8 Å². The molecule has 1 aromatic heterocycles. The molecule has 4 nitrogen and oxygen atoms in total. The van der Waals surface area contributed by atoms with Gasteiger partial charge in [0.05, 0.1) is 18.2 Å². The molecule has 0 saturated carbocycles. The van der Waals surface area contributed by atoms with E-state index < -0.39 is 0 Å². The number of amides is 1. The molecular formula is C17H19N3O. The van der Waals surface area contributed by atoms with Crippen LogP contribution in [0.3, 0.4) is 0 Å². The standard InChI is InChI=1S/C17H19N3O/c21-17(20-10-14-8-4-5-9-19-14)16-12-18-11-15(16)13-6-2-1-3-7-13/h1-9,15-16,18H,10-12H2,(H,20,21). The summed E-state index contributed by atoms with van der Waals surface area (Å²) in [5, 5.41) is 6.32. The third kappa shape index (κ3) is 3.28. The highest BCUT2D eigenvalue weighted by Gasteiger charge is 2.33. The van der Waals surface area contributed by atoms with Gasteiger partial charge in [0.1, 0.15) is 0 Å². The van der Waals surface area contributed by atoms with Crippen molar-refractivity contribution < 1.29 is 4.79 Å². The predicted octanol–water partition coefficient (Wildman–Crippen LogP) is 1.70. The van der Waals surface area contributed by atoms with E-state index in [1.165, 1.54) is 5.56 Å². The maximum Gasteiger partial charge on any atom is 0.225 e. The largest absolute Gasteiger partial charge is 0.350 e. The minimum Gasteiger partial charge on any atom is -0.350 e. The first-order valence-corrected chi connectivity index (χ1v) is 7.28. The number of pyridine rings is 1. The average molecular weight is 281 g/mol. The number of aromatic nitrogens is 1. The Kier molecular flexibility index (Phi) is 4.26. The predicted molar refractivity (Wildman–Crippen MR) is 81.6 cm³/mol. The van der Waals surface area contributed by atoms with Crippen molar-refractivity contribution in [3.8, 4) is 0 Å². The van der Waals surface area contributed by atoms with Crippen molar-refractivity contribution in [3.63, 3.8) is 0 Å². The average Bonchev–Trinajstić information content (AvgIpc) is 3.04. The number of nitrogens with one attached hydrogen (secondary N) is 2. The van der Waals surface area contributed by atoms with Gasteiger partial charge in [-0.3, -0.25) is 9.78 Å². The van der Waals surface area contributed by atoms with Crippen LogP contribution < -0.4 is 10.6 Å². The molecule has 2 aromatic rings. The third-order valence-corrected chi connectivity index (χ3v) is 3.95. The Morgan fingerprint density at radius 2 is 1.95 bits per heavy atom.